The summed E-state index contributed by atoms with van der Waals surface area (Å²) in [5.74, 6) is -0.112. The lowest BCUT2D eigenvalue weighted by Crippen LogP contribution is -2.28. The average Bonchev–Trinajstić information content (AvgIpc) is 2.63. The summed E-state index contributed by atoms with van der Waals surface area (Å²) in [6, 6.07) is 5.55. The maximum absolute atomic E-state index is 12.8. The minimum atomic E-state index is -0.611. The van der Waals surface area contributed by atoms with Gasteiger partial charge >= 0.3 is 6.09 Å². The molecule has 1 atom stereocenters. The molecule has 0 heterocycles. The van der Waals surface area contributed by atoms with E-state index in [9.17, 15) is 9.59 Å². The number of anilines is 2. The highest BCUT2D eigenvalue weighted by molar-refractivity contribution is 8.10. The van der Waals surface area contributed by atoms with Crippen molar-refractivity contribution in [2.45, 2.75) is 66.4 Å². The molecule has 0 saturated carbocycles. The van der Waals surface area contributed by atoms with Gasteiger partial charge in [-0.25, -0.2) is 4.79 Å². The lowest BCUT2D eigenvalue weighted by molar-refractivity contribution is -0.120. The Morgan fingerprint density at radius 1 is 1.21 bits per heavy atom. The number of ether oxygens (including phenoxy) is 1. The van der Waals surface area contributed by atoms with Crippen LogP contribution in [0.15, 0.2) is 36.3 Å². The quantitative estimate of drug-likeness (QED) is 0.451. The van der Waals surface area contributed by atoms with Crippen LogP contribution in [0.1, 0.15) is 66.4 Å². The van der Waals surface area contributed by atoms with Gasteiger partial charge in [0.2, 0.25) is 5.91 Å². The molecule has 6 heteroatoms. The van der Waals surface area contributed by atoms with Crippen LogP contribution in [0.2, 0.25) is 0 Å². The molecule has 0 aliphatic rings. The highest BCUT2D eigenvalue weighted by atomic mass is 32.2. The molecule has 5 nitrogen and oxygen atoms in total. The molecule has 2 amide bonds. The molecular weight excluding hydrogens is 384 g/mol. The average molecular weight is 419 g/mol. The second-order valence-corrected chi connectivity index (χ2v) is 8.72. The minimum Gasteiger partial charge on any atom is -0.444 e. The highest BCUT2D eigenvalue weighted by Gasteiger charge is 2.20. The van der Waals surface area contributed by atoms with Gasteiger partial charge in [0, 0.05) is 10.8 Å². The van der Waals surface area contributed by atoms with Crippen LogP contribution in [0.3, 0.4) is 0 Å². The van der Waals surface area contributed by atoms with Crippen LogP contribution in [0.5, 0.6) is 0 Å². The lowest BCUT2D eigenvalue weighted by Gasteiger charge is -2.21. The highest BCUT2D eigenvalue weighted by Crippen LogP contribution is 2.33. The Morgan fingerprint density at radius 3 is 2.41 bits per heavy atom. The van der Waals surface area contributed by atoms with Gasteiger partial charge in [0.25, 0.3) is 0 Å². The summed E-state index contributed by atoms with van der Waals surface area (Å²) in [5.41, 5.74) is 1.38. The molecule has 1 unspecified atom stereocenters. The summed E-state index contributed by atoms with van der Waals surface area (Å²) in [5, 5.41) is 7.52. The van der Waals surface area contributed by atoms with E-state index in [2.05, 4.69) is 24.1 Å². The maximum atomic E-state index is 12.8. The molecule has 0 aliphatic carbocycles. The number of benzene rings is 1. The summed E-state index contributed by atoms with van der Waals surface area (Å²) >= 11 is 1.50. The van der Waals surface area contributed by atoms with Crippen molar-refractivity contribution in [3.05, 3.63) is 41.8 Å². The van der Waals surface area contributed by atoms with E-state index in [-0.39, 0.29) is 11.8 Å². The van der Waals surface area contributed by atoms with Crippen molar-refractivity contribution in [3.63, 3.8) is 0 Å². The predicted octanol–water partition coefficient (Wildman–Crippen LogP) is 7.04. The molecule has 29 heavy (non-hydrogen) atoms. The van der Waals surface area contributed by atoms with Crippen molar-refractivity contribution in [1.29, 1.82) is 0 Å². The Kier molecular flexibility index (Phi) is 10.0. The molecule has 160 valence electrons. The third kappa shape index (κ3) is 8.36. The molecule has 1 rings (SSSR count). The van der Waals surface area contributed by atoms with Gasteiger partial charge in [0.15, 0.2) is 0 Å². The van der Waals surface area contributed by atoms with Crippen LogP contribution < -0.4 is 10.6 Å². The third-order valence-corrected chi connectivity index (χ3v) is 5.06. The van der Waals surface area contributed by atoms with Crippen molar-refractivity contribution in [2.75, 3.05) is 10.6 Å². The number of hydrogen-bond acceptors (Lipinski definition) is 4. The van der Waals surface area contributed by atoms with E-state index >= 15 is 0 Å². The SMILES string of the molecule is C=CSC(=CC)c1ccc(NC(=O)OC(C)(C)C)c(NC(=O)C(CC)CCC)c1. The van der Waals surface area contributed by atoms with Gasteiger partial charge in [-0.05, 0) is 63.6 Å². The van der Waals surface area contributed by atoms with E-state index in [0.717, 1.165) is 29.7 Å². The van der Waals surface area contributed by atoms with Crippen LogP contribution in [0, 0.1) is 5.92 Å². The Morgan fingerprint density at radius 2 is 1.90 bits per heavy atom. The summed E-state index contributed by atoms with van der Waals surface area (Å²) in [6.45, 7) is 15.2. The number of nitrogens with one attached hydrogen (secondary N) is 2. The normalized spacial score (nSPS) is 12.8. The standard InChI is InChI=1S/C23H34N2O3S/c1-8-12-16(9-2)21(26)24-19-15-17(20(10-3)29-11-4)13-14-18(19)25-22(27)28-23(5,6)7/h10-11,13-16H,4,8-9,12H2,1-3,5-7H3,(H,24,26)(H,25,27). The molecule has 0 spiro atoms. The number of carbonyl (C=O) groups is 2. The van der Waals surface area contributed by atoms with E-state index in [1.165, 1.54) is 11.8 Å². The molecule has 0 radical (unpaired) electrons. The summed E-state index contributed by atoms with van der Waals surface area (Å²) < 4.78 is 5.35. The Bertz CT molecular complexity index is 751. The van der Waals surface area contributed by atoms with E-state index in [0.29, 0.717) is 11.4 Å². The van der Waals surface area contributed by atoms with Gasteiger partial charge in [-0.15, -0.1) is 0 Å². The number of rotatable bonds is 9. The molecule has 1 aromatic rings. The Balaban J connectivity index is 3.24. The van der Waals surface area contributed by atoms with Gasteiger partial charge < -0.3 is 10.1 Å². The van der Waals surface area contributed by atoms with Crippen molar-refractivity contribution >= 4 is 40.0 Å². The van der Waals surface area contributed by atoms with Crippen molar-refractivity contribution in [3.8, 4) is 0 Å². The molecule has 0 bridgehead atoms. The summed E-state index contributed by atoms with van der Waals surface area (Å²) in [7, 11) is 0. The first-order chi connectivity index (χ1) is 13.6. The van der Waals surface area contributed by atoms with Gasteiger partial charge in [0.1, 0.15) is 5.60 Å². The van der Waals surface area contributed by atoms with Gasteiger partial charge in [-0.3, -0.25) is 10.1 Å². The first-order valence-corrected chi connectivity index (χ1v) is 10.9. The van der Waals surface area contributed by atoms with Gasteiger partial charge in [-0.1, -0.05) is 50.8 Å². The van der Waals surface area contributed by atoms with Crippen LogP contribution in [0.4, 0.5) is 16.2 Å². The van der Waals surface area contributed by atoms with Crippen LogP contribution in [-0.2, 0) is 9.53 Å². The second-order valence-electron chi connectivity index (χ2n) is 7.71. The maximum Gasteiger partial charge on any atom is 0.412 e. The first kappa shape index (κ1) is 24.8. The molecular formula is C23H34N2O3S. The van der Waals surface area contributed by atoms with E-state index < -0.39 is 11.7 Å². The molecule has 2 N–H and O–H groups in total. The zero-order valence-corrected chi connectivity index (χ0v) is 19.2. The van der Waals surface area contributed by atoms with E-state index in [4.69, 9.17) is 4.74 Å². The zero-order valence-electron chi connectivity index (χ0n) is 18.4. The van der Waals surface area contributed by atoms with Gasteiger partial charge in [0.05, 0.1) is 11.4 Å². The number of amides is 2. The molecule has 1 aromatic carbocycles. The lowest BCUT2D eigenvalue weighted by atomic mass is 9.99. The van der Waals surface area contributed by atoms with Crippen LogP contribution >= 0.6 is 11.8 Å². The fourth-order valence-electron chi connectivity index (χ4n) is 2.82. The monoisotopic (exact) mass is 418 g/mol. The summed E-state index contributed by atoms with van der Waals surface area (Å²) in [6.07, 6.45) is 3.95. The topological polar surface area (TPSA) is 67.4 Å². The fraction of sp³-hybridized carbons (Fsp3) is 0.478. The molecule has 0 saturated heterocycles. The van der Waals surface area contributed by atoms with Crippen LogP contribution in [0.25, 0.3) is 4.91 Å². The number of carbonyl (C=O) groups excluding carboxylic acids is 2. The number of thioether (sulfide) groups is 1. The van der Waals surface area contributed by atoms with Crippen LogP contribution in [-0.4, -0.2) is 17.6 Å². The fourth-order valence-corrected chi connectivity index (χ4v) is 3.40. The Hall–Kier alpha value is -2.21. The van der Waals surface area contributed by atoms with Crippen molar-refractivity contribution < 1.29 is 14.3 Å². The molecule has 0 aromatic heterocycles. The first-order valence-electron chi connectivity index (χ1n) is 10.0. The van der Waals surface area contributed by atoms with Gasteiger partial charge in [-0.2, -0.15) is 0 Å². The van der Waals surface area contributed by atoms with Crippen molar-refractivity contribution in [1.82, 2.24) is 0 Å². The largest absolute Gasteiger partial charge is 0.444 e. The minimum absolute atomic E-state index is 0.0443. The second kappa shape index (κ2) is 11.7. The van der Waals surface area contributed by atoms with E-state index in [1.807, 2.05) is 32.1 Å². The smallest absolute Gasteiger partial charge is 0.412 e. The predicted molar refractivity (Wildman–Crippen MR) is 125 cm³/mol. The number of allylic oxidation sites excluding steroid dienone is 1. The third-order valence-electron chi connectivity index (χ3n) is 4.17. The van der Waals surface area contributed by atoms with E-state index in [1.54, 1.807) is 32.2 Å². The molecule has 0 fully saturated rings. The Labute approximate surface area is 179 Å². The number of hydrogen-bond donors (Lipinski definition) is 2. The zero-order chi connectivity index (χ0) is 22.0. The molecule has 0 aliphatic heterocycles. The van der Waals surface area contributed by atoms with Crippen molar-refractivity contribution in [2.24, 2.45) is 5.92 Å². The summed E-state index contributed by atoms with van der Waals surface area (Å²) in [4.78, 5) is 26.1.